The third-order valence-corrected chi connectivity index (χ3v) is 6.98. The van der Waals surface area contributed by atoms with Crippen LogP contribution in [-0.4, -0.2) is 11.6 Å². The Morgan fingerprint density at radius 1 is 0.938 bits per heavy atom. The Bertz CT molecular complexity index is 1140. The van der Waals surface area contributed by atoms with E-state index in [9.17, 15) is 14.0 Å². The molecule has 3 aliphatic rings. The Kier molecular flexibility index (Phi) is 5.72. The van der Waals surface area contributed by atoms with Gasteiger partial charge in [0.2, 0.25) is 0 Å². The maximum Gasteiger partial charge on any atom is 0.161 e. The summed E-state index contributed by atoms with van der Waals surface area (Å²) in [6.07, 6.45) is 4.37. The monoisotopic (exact) mass is 495 g/mol. The molecule has 1 N–H and O–H groups in total. The van der Waals surface area contributed by atoms with Gasteiger partial charge in [0.25, 0.3) is 0 Å². The molecule has 5 rings (SSSR count). The van der Waals surface area contributed by atoms with Gasteiger partial charge in [0.15, 0.2) is 11.6 Å². The lowest BCUT2D eigenvalue weighted by Gasteiger charge is -2.37. The number of rotatable bonds is 4. The molecule has 32 heavy (non-hydrogen) atoms. The van der Waals surface area contributed by atoms with E-state index >= 15 is 0 Å². The van der Waals surface area contributed by atoms with Crippen molar-refractivity contribution in [1.82, 2.24) is 5.32 Å². The minimum atomic E-state index is -0.338. The Morgan fingerprint density at radius 2 is 1.62 bits per heavy atom. The van der Waals surface area contributed by atoms with E-state index in [0.29, 0.717) is 18.6 Å². The lowest BCUT2D eigenvalue weighted by molar-refractivity contribution is -0.116. The first-order valence-electron chi connectivity index (χ1n) is 11.0. The fourth-order valence-corrected chi connectivity index (χ4v) is 5.43. The largest absolute Gasteiger partial charge is 0.488 e. The normalized spacial score (nSPS) is 18.9. The topological polar surface area (TPSA) is 55.4 Å². The molecule has 6 heteroatoms. The summed E-state index contributed by atoms with van der Waals surface area (Å²) in [5, 5.41) is 3.44. The second kappa shape index (κ2) is 8.66. The van der Waals surface area contributed by atoms with Crippen LogP contribution < -0.4 is 10.1 Å². The third kappa shape index (κ3) is 3.92. The van der Waals surface area contributed by atoms with Crippen molar-refractivity contribution < 1.29 is 18.7 Å². The van der Waals surface area contributed by atoms with E-state index in [0.717, 1.165) is 63.8 Å². The second-order valence-electron chi connectivity index (χ2n) is 8.50. The first kappa shape index (κ1) is 21.1. The lowest BCUT2D eigenvalue weighted by atomic mass is 9.71. The highest BCUT2D eigenvalue weighted by molar-refractivity contribution is 9.10. The van der Waals surface area contributed by atoms with Crippen molar-refractivity contribution in [2.75, 3.05) is 0 Å². The number of hydrogen-bond donors (Lipinski definition) is 1. The number of carbonyl (C=O) groups is 2. The van der Waals surface area contributed by atoms with Gasteiger partial charge < -0.3 is 10.1 Å². The molecule has 1 aliphatic heterocycles. The Hall–Kier alpha value is -2.73. The van der Waals surface area contributed by atoms with Crippen LogP contribution in [0.1, 0.15) is 55.6 Å². The van der Waals surface area contributed by atoms with E-state index in [1.807, 2.05) is 24.3 Å². The van der Waals surface area contributed by atoms with E-state index in [1.54, 1.807) is 6.07 Å². The van der Waals surface area contributed by atoms with Crippen LogP contribution in [0.2, 0.25) is 0 Å². The molecule has 1 heterocycles. The molecule has 2 aromatic rings. The van der Waals surface area contributed by atoms with Gasteiger partial charge >= 0.3 is 0 Å². The van der Waals surface area contributed by atoms with Gasteiger partial charge in [0.05, 0.1) is 4.47 Å². The maximum atomic E-state index is 13.4. The van der Waals surface area contributed by atoms with Crippen LogP contribution in [-0.2, 0) is 16.2 Å². The molecule has 0 fully saturated rings. The SMILES string of the molecule is O=C1CCCC2=C1C(c1ccc(OCc3cccc(F)c3)c(Br)c1)C1=C(CCCC1=O)N2. The minimum absolute atomic E-state index is 0.122. The van der Waals surface area contributed by atoms with E-state index in [1.165, 1.54) is 12.1 Å². The second-order valence-corrected chi connectivity index (χ2v) is 9.36. The number of dihydropyridines is 1. The number of benzene rings is 2. The Morgan fingerprint density at radius 3 is 2.25 bits per heavy atom. The van der Waals surface area contributed by atoms with Gasteiger partial charge in [-0.1, -0.05) is 18.2 Å². The standard InChI is InChI=1S/C26H23BrFNO3/c27-18-13-16(10-11-23(18)32-14-15-4-1-5-17(28)12-15)24-25-19(6-2-8-21(25)30)29-20-7-3-9-22(31)26(20)24/h1,4-5,10-13,24,29H,2-3,6-9,14H2. The molecular weight excluding hydrogens is 473 g/mol. The van der Waals surface area contributed by atoms with E-state index < -0.39 is 0 Å². The molecule has 0 atom stereocenters. The summed E-state index contributed by atoms with van der Waals surface area (Å²) in [5.41, 5.74) is 5.08. The molecule has 164 valence electrons. The average Bonchev–Trinajstić information content (AvgIpc) is 2.77. The van der Waals surface area contributed by atoms with Crippen LogP contribution in [0.25, 0.3) is 0 Å². The van der Waals surface area contributed by atoms with Crippen LogP contribution in [0.3, 0.4) is 0 Å². The molecule has 2 aliphatic carbocycles. The average molecular weight is 496 g/mol. The Balaban J connectivity index is 1.49. The Labute approximate surface area is 194 Å². The number of halogens is 2. The van der Waals surface area contributed by atoms with Crippen molar-refractivity contribution in [3.05, 3.63) is 86.4 Å². The maximum absolute atomic E-state index is 13.4. The molecule has 0 saturated heterocycles. The molecule has 0 radical (unpaired) electrons. The smallest absolute Gasteiger partial charge is 0.161 e. The minimum Gasteiger partial charge on any atom is -0.488 e. The highest BCUT2D eigenvalue weighted by atomic mass is 79.9. The lowest BCUT2D eigenvalue weighted by Crippen LogP contribution is -2.36. The van der Waals surface area contributed by atoms with Gasteiger partial charge in [-0.3, -0.25) is 9.59 Å². The van der Waals surface area contributed by atoms with E-state index in [-0.39, 0.29) is 29.9 Å². The highest BCUT2D eigenvalue weighted by Crippen LogP contribution is 2.46. The number of ether oxygens (including phenoxy) is 1. The van der Waals surface area contributed by atoms with Crippen LogP contribution in [0.4, 0.5) is 4.39 Å². The first-order valence-corrected chi connectivity index (χ1v) is 11.8. The van der Waals surface area contributed by atoms with Gasteiger partial charge in [-0.15, -0.1) is 0 Å². The molecule has 0 unspecified atom stereocenters. The number of allylic oxidation sites excluding steroid dienone is 4. The fraction of sp³-hybridized carbons (Fsp3) is 0.308. The zero-order valence-electron chi connectivity index (χ0n) is 17.5. The summed E-state index contributed by atoms with van der Waals surface area (Å²) < 4.78 is 20.1. The fourth-order valence-electron chi connectivity index (χ4n) is 4.92. The molecular formula is C26H23BrFNO3. The van der Waals surface area contributed by atoms with Crippen molar-refractivity contribution >= 4 is 27.5 Å². The number of Topliss-reactive ketones (excluding diaryl/α,β-unsaturated/α-hetero) is 2. The number of ketones is 2. The van der Waals surface area contributed by atoms with Crippen LogP contribution in [0, 0.1) is 5.82 Å². The number of carbonyl (C=O) groups excluding carboxylic acids is 2. The molecule has 0 spiro atoms. The van der Waals surface area contributed by atoms with Crippen LogP contribution >= 0.6 is 15.9 Å². The van der Waals surface area contributed by atoms with Gasteiger partial charge in [-0.2, -0.15) is 0 Å². The predicted octanol–water partition coefficient (Wildman–Crippen LogP) is 5.87. The van der Waals surface area contributed by atoms with Crippen LogP contribution in [0.5, 0.6) is 5.75 Å². The summed E-state index contributed by atoms with van der Waals surface area (Å²) in [4.78, 5) is 25.9. The number of hydrogen-bond acceptors (Lipinski definition) is 4. The van der Waals surface area contributed by atoms with Crippen molar-refractivity contribution in [1.29, 1.82) is 0 Å². The van der Waals surface area contributed by atoms with E-state index in [4.69, 9.17) is 4.74 Å². The van der Waals surface area contributed by atoms with Gasteiger partial charge in [0.1, 0.15) is 18.2 Å². The van der Waals surface area contributed by atoms with Crippen molar-refractivity contribution in [3.63, 3.8) is 0 Å². The summed E-state index contributed by atoms with van der Waals surface area (Å²) in [5.74, 6) is 0.233. The van der Waals surface area contributed by atoms with Crippen molar-refractivity contribution in [2.24, 2.45) is 0 Å². The van der Waals surface area contributed by atoms with E-state index in [2.05, 4.69) is 21.2 Å². The predicted molar refractivity (Wildman–Crippen MR) is 123 cm³/mol. The molecule has 2 aromatic carbocycles. The van der Waals surface area contributed by atoms with Crippen LogP contribution in [0.15, 0.2) is 69.5 Å². The summed E-state index contributed by atoms with van der Waals surface area (Å²) in [6, 6.07) is 12.0. The van der Waals surface area contributed by atoms with Gasteiger partial charge in [-0.05, 0) is 77.0 Å². The number of nitrogens with one attached hydrogen (secondary N) is 1. The molecule has 0 bridgehead atoms. The molecule has 0 aromatic heterocycles. The quantitative estimate of drug-likeness (QED) is 0.576. The molecule has 4 nitrogen and oxygen atoms in total. The first-order chi connectivity index (χ1) is 15.5. The van der Waals surface area contributed by atoms with Gasteiger partial charge in [-0.25, -0.2) is 4.39 Å². The molecule has 0 amide bonds. The van der Waals surface area contributed by atoms with Gasteiger partial charge in [0, 0.05) is 41.3 Å². The molecule has 0 saturated carbocycles. The summed E-state index contributed by atoms with van der Waals surface area (Å²) >= 11 is 3.59. The zero-order chi connectivity index (χ0) is 22.2. The van der Waals surface area contributed by atoms with Crippen molar-refractivity contribution in [2.45, 2.75) is 51.0 Å². The zero-order valence-corrected chi connectivity index (χ0v) is 19.1. The highest BCUT2D eigenvalue weighted by Gasteiger charge is 2.40. The third-order valence-electron chi connectivity index (χ3n) is 6.36. The summed E-state index contributed by atoms with van der Waals surface area (Å²) in [7, 11) is 0. The van der Waals surface area contributed by atoms with Crippen molar-refractivity contribution in [3.8, 4) is 5.75 Å². The summed E-state index contributed by atoms with van der Waals surface area (Å²) in [6.45, 7) is 0.241.